The van der Waals surface area contributed by atoms with Gasteiger partial charge in [0, 0.05) is 26.4 Å². The lowest BCUT2D eigenvalue weighted by Crippen LogP contribution is -1.83. The van der Waals surface area contributed by atoms with Crippen LogP contribution in [0.2, 0.25) is 0 Å². The van der Waals surface area contributed by atoms with Gasteiger partial charge >= 0.3 is 0 Å². The van der Waals surface area contributed by atoms with Crippen LogP contribution in [0.15, 0.2) is 112 Å². The number of benzene rings is 5. The van der Waals surface area contributed by atoms with E-state index in [1.807, 2.05) is 6.07 Å². The highest BCUT2D eigenvalue weighted by Gasteiger charge is 2.22. The summed E-state index contributed by atoms with van der Waals surface area (Å²) in [5.41, 5.74) is 4.31. The zero-order valence-corrected chi connectivity index (χ0v) is 17.7. The van der Waals surface area contributed by atoms with Crippen molar-refractivity contribution < 1.29 is 4.42 Å². The van der Waals surface area contributed by atoms with Crippen LogP contribution in [0, 0.1) is 0 Å². The monoisotopic (exact) mass is 448 g/mol. The number of fused-ring (bicyclic) bond motifs is 6. The van der Waals surface area contributed by atoms with Crippen molar-refractivity contribution in [3.63, 3.8) is 0 Å². The summed E-state index contributed by atoms with van der Waals surface area (Å²) >= 11 is 3.62. The van der Waals surface area contributed by atoms with Crippen molar-refractivity contribution in [3.8, 4) is 22.5 Å². The van der Waals surface area contributed by atoms with Crippen LogP contribution in [0.4, 0.5) is 0 Å². The summed E-state index contributed by atoms with van der Waals surface area (Å²) in [6, 6.07) is 36.0. The highest BCUT2D eigenvalue weighted by molar-refractivity contribution is 9.10. The average Bonchev–Trinajstić information content (AvgIpc) is 3.21. The molecule has 0 atom stereocenters. The smallest absolute Gasteiger partial charge is 0.143 e. The molecule has 0 amide bonds. The van der Waals surface area contributed by atoms with E-state index in [2.05, 4.69) is 113 Å². The molecular weight excluding hydrogens is 432 g/mol. The van der Waals surface area contributed by atoms with E-state index in [1.54, 1.807) is 0 Å². The molecule has 0 aliphatic rings. The van der Waals surface area contributed by atoms with Crippen molar-refractivity contribution in [1.82, 2.24) is 0 Å². The third-order valence-electron chi connectivity index (χ3n) is 5.72. The van der Waals surface area contributed by atoms with E-state index in [-0.39, 0.29) is 0 Å². The number of hydrogen-bond donors (Lipinski definition) is 0. The van der Waals surface area contributed by atoms with Gasteiger partial charge in [0.1, 0.15) is 11.3 Å². The van der Waals surface area contributed by atoms with Crippen molar-refractivity contribution in [2.45, 2.75) is 0 Å². The molecule has 1 aromatic heterocycles. The van der Waals surface area contributed by atoms with E-state index in [9.17, 15) is 0 Å². The highest BCUT2D eigenvalue weighted by Crippen LogP contribution is 2.47. The Balaban J connectivity index is 1.88. The second-order valence-corrected chi connectivity index (χ2v) is 8.39. The van der Waals surface area contributed by atoms with Crippen LogP contribution in [0.1, 0.15) is 0 Å². The van der Waals surface area contributed by atoms with E-state index in [1.165, 1.54) is 21.5 Å². The van der Waals surface area contributed by atoms with E-state index in [4.69, 9.17) is 4.42 Å². The maximum atomic E-state index is 6.70. The Morgan fingerprint density at radius 1 is 0.533 bits per heavy atom. The first kappa shape index (κ1) is 17.5. The average molecular weight is 449 g/mol. The zero-order valence-electron chi connectivity index (χ0n) is 16.1. The predicted molar refractivity (Wildman–Crippen MR) is 130 cm³/mol. The molecule has 30 heavy (non-hydrogen) atoms. The van der Waals surface area contributed by atoms with E-state index >= 15 is 0 Å². The molecule has 0 saturated heterocycles. The molecule has 0 N–H and O–H groups in total. The van der Waals surface area contributed by atoms with Gasteiger partial charge in [0.05, 0.1) is 0 Å². The number of halogens is 1. The first-order valence-electron chi connectivity index (χ1n) is 9.98. The van der Waals surface area contributed by atoms with Gasteiger partial charge in [-0.05, 0) is 33.9 Å². The summed E-state index contributed by atoms with van der Waals surface area (Å²) in [7, 11) is 0. The van der Waals surface area contributed by atoms with Crippen LogP contribution in [0.3, 0.4) is 0 Å². The molecule has 0 aliphatic heterocycles. The fourth-order valence-electron chi connectivity index (χ4n) is 4.44. The second kappa shape index (κ2) is 6.86. The molecule has 5 aromatic carbocycles. The first-order chi connectivity index (χ1) is 14.8. The minimum absolute atomic E-state index is 0.902. The molecule has 6 rings (SSSR count). The quantitative estimate of drug-likeness (QED) is 0.241. The van der Waals surface area contributed by atoms with Gasteiger partial charge in [-0.15, -0.1) is 0 Å². The van der Waals surface area contributed by atoms with Gasteiger partial charge in [0.15, 0.2) is 0 Å². The number of hydrogen-bond acceptors (Lipinski definition) is 1. The molecule has 142 valence electrons. The summed E-state index contributed by atoms with van der Waals surface area (Å²) in [4.78, 5) is 0. The molecule has 0 radical (unpaired) electrons. The molecule has 2 heteroatoms. The molecule has 0 saturated carbocycles. The van der Waals surface area contributed by atoms with Gasteiger partial charge < -0.3 is 4.42 Å². The third kappa shape index (κ3) is 2.61. The Morgan fingerprint density at radius 3 is 1.87 bits per heavy atom. The zero-order chi connectivity index (χ0) is 20.1. The second-order valence-electron chi connectivity index (χ2n) is 7.48. The van der Waals surface area contributed by atoms with E-state index < -0.39 is 0 Å². The highest BCUT2D eigenvalue weighted by atomic mass is 79.9. The van der Waals surface area contributed by atoms with Crippen LogP contribution in [-0.4, -0.2) is 0 Å². The summed E-state index contributed by atoms with van der Waals surface area (Å²) in [5, 5.41) is 6.00. The molecule has 6 aromatic rings. The van der Waals surface area contributed by atoms with Gasteiger partial charge in [-0.2, -0.15) is 0 Å². The molecule has 1 nitrogen and oxygen atoms in total. The molecule has 0 unspecified atom stereocenters. The Hall–Kier alpha value is -3.36. The van der Waals surface area contributed by atoms with E-state index in [0.717, 1.165) is 37.9 Å². The van der Waals surface area contributed by atoms with Crippen LogP contribution < -0.4 is 0 Å². The van der Waals surface area contributed by atoms with Crippen LogP contribution in [0.25, 0.3) is 55.0 Å². The molecule has 1 heterocycles. The topological polar surface area (TPSA) is 13.1 Å². The van der Waals surface area contributed by atoms with Gasteiger partial charge in [0.2, 0.25) is 0 Å². The molecule has 0 bridgehead atoms. The van der Waals surface area contributed by atoms with Crippen molar-refractivity contribution in [3.05, 3.63) is 108 Å². The Bertz CT molecular complexity index is 1540. The Kier molecular flexibility index (Phi) is 4.00. The van der Waals surface area contributed by atoms with Crippen LogP contribution >= 0.6 is 15.9 Å². The normalized spacial score (nSPS) is 11.5. The molecule has 0 aliphatic carbocycles. The van der Waals surface area contributed by atoms with Gasteiger partial charge in [-0.1, -0.05) is 107 Å². The minimum atomic E-state index is 0.902. The van der Waals surface area contributed by atoms with Gasteiger partial charge in [0.25, 0.3) is 0 Å². The lowest BCUT2D eigenvalue weighted by molar-refractivity contribution is 0.636. The fraction of sp³-hybridized carbons (Fsp3) is 0. The predicted octanol–water partition coefficient (Wildman–Crippen LogP) is 8.84. The molecule has 0 spiro atoms. The largest absolute Gasteiger partial charge is 0.455 e. The summed E-state index contributed by atoms with van der Waals surface area (Å²) < 4.78 is 7.73. The standard InChI is InChI=1S/C28H17BrO/c29-20-12-8-11-19(17-20)27-25(18-9-2-1-3-10-18)26-23-15-6-4-13-21(23)22-14-5-7-16-24(22)28(26)30-27/h1-17H. The van der Waals surface area contributed by atoms with Crippen molar-refractivity contribution >= 4 is 48.4 Å². The number of rotatable bonds is 2. The van der Waals surface area contributed by atoms with Crippen LogP contribution in [0.5, 0.6) is 0 Å². The maximum absolute atomic E-state index is 6.70. The van der Waals surface area contributed by atoms with Gasteiger partial charge in [-0.3, -0.25) is 0 Å². The summed E-state index contributed by atoms with van der Waals surface area (Å²) in [6.45, 7) is 0. The Labute approximate surface area is 182 Å². The van der Waals surface area contributed by atoms with Crippen molar-refractivity contribution in [2.24, 2.45) is 0 Å². The van der Waals surface area contributed by atoms with Crippen molar-refractivity contribution in [2.75, 3.05) is 0 Å². The summed E-state index contributed by atoms with van der Waals surface area (Å²) in [5.74, 6) is 0.902. The first-order valence-corrected chi connectivity index (χ1v) is 10.8. The SMILES string of the molecule is Brc1cccc(-c2oc3c4ccccc4c4ccccc4c3c2-c2ccccc2)c1. The third-order valence-corrected chi connectivity index (χ3v) is 6.21. The van der Waals surface area contributed by atoms with Crippen LogP contribution in [-0.2, 0) is 0 Å². The Morgan fingerprint density at radius 2 is 1.13 bits per heavy atom. The fourth-order valence-corrected chi connectivity index (χ4v) is 4.84. The molecule has 0 fully saturated rings. The lowest BCUT2D eigenvalue weighted by atomic mass is 9.92. The van der Waals surface area contributed by atoms with Crippen molar-refractivity contribution in [1.29, 1.82) is 0 Å². The maximum Gasteiger partial charge on any atom is 0.143 e. The number of furan rings is 1. The minimum Gasteiger partial charge on any atom is -0.455 e. The lowest BCUT2D eigenvalue weighted by Gasteiger charge is -2.08. The van der Waals surface area contributed by atoms with E-state index in [0.29, 0.717) is 0 Å². The summed E-state index contributed by atoms with van der Waals surface area (Å²) in [6.07, 6.45) is 0. The molecular formula is C28H17BrO. The van der Waals surface area contributed by atoms with Gasteiger partial charge in [-0.25, -0.2) is 0 Å².